The van der Waals surface area contributed by atoms with Gasteiger partial charge in [-0.25, -0.2) is 18.6 Å². The maximum absolute atomic E-state index is 12.6. The third kappa shape index (κ3) is 2.25. The van der Waals surface area contributed by atoms with E-state index >= 15 is 0 Å². The van der Waals surface area contributed by atoms with E-state index in [0.29, 0.717) is 0 Å². The average Bonchev–Trinajstić information content (AvgIpc) is 2.27. The van der Waals surface area contributed by atoms with Crippen LogP contribution >= 0.6 is 11.6 Å². The molecule has 0 unspecified atom stereocenters. The molecule has 0 fully saturated rings. The second-order valence-corrected chi connectivity index (χ2v) is 3.07. The molecule has 1 rings (SSSR count). The van der Waals surface area contributed by atoms with Crippen LogP contribution in [0, 0.1) is 11.3 Å². The maximum atomic E-state index is 12.6. The lowest BCUT2D eigenvalue weighted by Crippen LogP contribution is -2.10. The van der Waals surface area contributed by atoms with Gasteiger partial charge >= 0.3 is 5.97 Å². The minimum Gasteiger partial charge on any atom is -0.464 e. The van der Waals surface area contributed by atoms with Crippen LogP contribution in [0.15, 0.2) is 6.07 Å². The van der Waals surface area contributed by atoms with Gasteiger partial charge in [0.2, 0.25) is 0 Å². The fourth-order valence-electron chi connectivity index (χ4n) is 1.01. The van der Waals surface area contributed by atoms with Crippen molar-refractivity contribution in [3.05, 3.63) is 28.0 Å². The summed E-state index contributed by atoms with van der Waals surface area (Å²) < 4.78 is 29.4. The summed E-state index contributed by atoms with van der Waals surface area (Å²) in [6.07, 6.45) is -2.92. The Hall–Kier alpha value is -1.74. The van der Waals surface area contributed by atoms with Crippen molar-refractivity contribution in [3.63, 3.8) is 0 Å². The lowest BCUT2D eigenvalue weighted by atomic mass is 10.2. The third-order valence-corrected chi connectivity index (χ3v) is 2.01. The van der Waals surface area contributed by atoms with Gasteiger partial charge in [0.1, 0.15) is 6.07 Å². The number of carbonyl (C=O) groups excluding carboxylic acids is 1. The minimum atomic E-state index is -2.92. The molecule has 1 heterocycles. The van der Waals surface area contributed by atoms with E-state index in [2.05, 4.69) is 9.72 Å². The van der Waals surface area contributed by atoms with Crippen LogP contribution in [0.5, 0.6) is 0 Å². The van der Waals surface area contributed by atoms with Crippen molar-refractivity contribution in [2.75, 3.05) is 7.11 Å². The Morgan fingerprint density at radius 1 is 1.69 bits per heavy atom. The first-order valence-electron chi connectivity index (χ1n) is 3.98. The predicted octanol–water partition coefficient (Wildman–Crippen LogP) is 2.33. The van der Waals surface area contributed by atoms with Crippen LogP contribution in [0.1, 0.15) is 28.2 Å². The topological polar surface area (TPSA) is 63.0 Å². The summed E-state index contributed by atoms with van der Waals surface area (Å²) in [5.74, 6) is -1.04. The van der Waals surface area contributed by atoms with E-state index in [-0.39, 0.29) is 10.7 Å². The number of alkyl halides is 2. The Balaban J connectivity index is 3.44. The molecule has 0 saturated carbocycles. The van der Waals surface area contributed by atoms with E-state index in [9.17, 15) is 13.6 Å². The first-order valence-corrected chi connectivity index (χ1v) is 4.36. The highest BCUT2D eigenvalue weighted by Gasteiger charge is 2.23. The first kappa shape index (κ1) is 12.3. The lowest BCUT2D eigenvalue weighted by molar-refractivity contribution is 0.0581. The van der Waals surface area contributed by atoms with Gasteiger partial charge in [0, 0.05) is 0 Å². The quantitative estimate of drug-likeness (QED) is 0.752. The van der Waals surface area contributed by atoms with Crippen molar-refractivity contribution < 1.29 is 18.3 Å². The standard InChI is InChI=1S/C9H5ClF2N2O2/c1-16-9(15)7-4(8(11)12)2-5(10)6(3-13)14-7/h2,8H,1H3. The molecule has 1 aromatic heterocycles. The van der Waals surface area contributed by atoms with Crippen LogP contribution in [-0.2, 0) is 4.74 Å². The molecule has 84 valence electrons. The number of hydrogen-bond donors (Lipinski definition) is 0. The summed E-state index contributed by atoms with van der Waals surface area (Å²) in [5.41, 5.74) is -1.55. The molecule has 0 aliphatic carbocycles. The van der Waals surface area contributed by atoms with E-state index in [1.807, 2.05) is 0 Å². The zero-order chi connectivity index (χ0) is 12.3. The maximum Gasteiger partial charge on any atom is 0.357 e. The van der Waals surface area contributed by atoms with Gasteiger partial charge in [-0.1, -0.05) is 11.6 Å². The zero-order valence-corrected chi connectivity index (χ0v) is 8.76. The van der Waals surface area contributed by atoms with Gasteiger partial charge in [-0.3, -0.25) is 0 Å². The van der Waals surface area contributed by atoms with E-state index in [4.69, 9.17) is 16.9 Å². The van der Waals surface area contributed by atoms with Crippen LogP contribution in [0.4, 0.5) is 8.78 Å². The number of hydrogen-bond acceptors (Lipinski definition) is 4. The molecular weight excluding hydrogens is 242 g/mol. The molecule has 0 radical (unpaired) electrons. The Bertz CT molecular complexity index is 471. The van der Waals surface area contributed by atoms with Crippen LogP contribution in [0.2, 0.25) is 5.02 Å². The molecular formula is C9H5ClF2N2O2. The SMILES string of the molecule is COC(=O)c1nc(C#N)c(Cl)cc1C(F)F. The molecule has 0 spiro atoms. The summed E-state index contributed by atoms with van der Waals surface area (Å²) >= 11 is 5.52. The molecule has 4 nitrogen and oxygen atoms in total. The van der Waals surface area contributed by atoms with Crippen molar-refractivity contribution in [3.8, 4) is 6.07 Å². The van der Waals surface area contributed by atoms with Crippen LogP contribution in [0.3, 0.4) is 0 Å². The summed E-state index contributed by atoms with van der Waals surface area (Å²) in [6.45, 7) is 0. The van der Waals surface area contributed by atoms with E-state index in [1.165, 1.54) is 0 Å². The van der Waals surface area contributed by atoms with Gasteiger partial charge in [0.15, 0.2) is 11.4 Å². The van der Waals surface area contributed by atoms with Crippen molar-refractivity contribution in [1.29, 1.82) is 5.26 Å². The van der Waals surface area contributed by atoms with Crippen LogP contribution in [0.25, 0.3) is 0 Å². The van der Waals surface area contributed by atoms with Gasteiger partial charge < -0.3 is 4.74 Å². The minimum absolute atomic E-state index is 0.231. The highest BCUT2D eigenvalue weighted by atomic mass is 35.5. The van der Waals surface area contributed by atoms with Gasteiger partial charge in [-0.05, 0) is 6.07 Å². The Morgan fingerprint density at radius 2 is 2.31 bits per heavy atom. The fraction of sp³-hybridized carbons (Fsp3) is 0.222. The summed E-state index contributed by atoms with van der Waals surface area (Å²) in [7, 11) is 1.03. The van der Waals surface area contributed by atoms with Crippen molar-refractivity contribution in [1.82, 2.24) is 4.98 Å². The molecule has 0 saturated heterocycles. The number of carbonyl (C=O) groups is 1. The molecule has 0 aromatic carbocycles. The van der Waals surface area contributed by atoms with Crippen molar-refractivity contribution in [2.24, 2.45) is 0 Å². The number of methoxy groups -OCH3 is 1. The molecule has 0 aliphatic heterocycles. The second kappa shape index (κ2) is 4.86. The largest absolute Gasteiger partial charge is 0.464 e. The third-order valence-electron chi connectivity index (χ3n) is 1.73. The van der Waals surface area contributed by atoms with E-state index in [1.54, 1.807) is 6.07 Å². The molecule has 0 aliphatic rings. The van der Waals surface area contributed by atoms with Crippen molar-refractivity contribution >= 4 is 17.6 Å². The molecule has 0 amide bonds. The zero-order valence-electron chi connectivity index (χ0n) is 8.00. The summed E-state index contributed by atoms with van der Waals surface area (Å²) in [5, 5.41) is 8.36. The first-order chi connectivity index (χ1) is 7.51. The fourth-order valence-corrected chi connectivity index (χ4v) is 1.21. The number of pyridine rings is 1. The monoisotopic (exact) mass is 246 g/mol. The molecule has 1 aromatic rings. The molecule has 0 bridgehead atoms. The highest BCUT2D eigenvalue weighted by Crippen LogP contribution is 2.26. The predicted molar refractivity (Wildman–Crippen MR) is 50.3 cm³/mol. The molecule has 0 N–H and O–H groups in total. The number of halogens is 3. The van der Waals surface area contributed by atoms with E-state index < -0.39 is 23.7 Å². The Labute approximate surface area is 94.4 Å². The summed E-state index contributed by atoms with van der Waals surface area (Å²) in [4.78, 5) is 14.6. The van der Waals surface area contributed by atoms with E-state index in [0.717, 1.165) is 13.2 Å². The van der Waals surface area contributed by atoms with Gasteiger partial charge in [0.05, 0.1) is 17.7 Å². The average molecular weight is 247 g/mol. The number of nitrogens with zero attached hydrogens (tertiary/aromatic N) is 2. The highest BCUT2D eigenvalue weighted by molar-refractivity contribution is 6.31. The van der Waals surface area contributed by atoms with Crippen LogP contribution in [-0.4, -0.2) is 18.1 Å². The van der Waals surface area contributed by atoms with Crippen molar-refractivity contribution in [2.45, 2.75) is 6.43 Å². The molecule has 7 heteroatoms. The van der Waals surface area contributed by atoms with Crippen LogP contribution < -0.4 is 0 Å². The lowest BCUT2D eigenvalue weighted by Gasteiger charge is -2.07. The molecule has 16 heavy (non-hydrogen) atoms. The Kier molecular flexibility index (Phi) is 3.74. The number of nitriles is 1. The number of esters is 1. The summed E-state index contributed by atoms with van der Waals surface area (Å²) in [6, 6.07) is 2.42. The smallest absolute Gasteiger partial charge is 0.357 e. The number of rotatable bonds is 2. The number of ether oxygens (including phenoxy) is 1. The molecule has 0 atom stereocenters. The van der Waals surface area contributed by atoms with Gasteiger partial charge in [0.25, 0.3) is 6.43 Å². The normalized spacial score (nSPS) is 10.0. The second-order valence-electron chi connectivity index (χ2n) is 2.66. The van der Waals surface area contributed by atoms with Gasteiger partial charge in [-0.15, -0.1) is 0 Å². The Morgan fingerprint density at radius 3 is 2.75 bits per heavy atom. The number of aromatic nitrogens is 1. The van der Waals surface area contributed by atoms with Gasteiger partial charge in [-0.2, -0.15) is 5.26 Å².